The standard InChI is InChI=1S/C22H24N2O4/c25-21(23-11-8-16-4-2-1-3-5-16)17-9-12-24(13-10-17)22(26)18-6-7-19-20(14-18)28-15-27-19/h1-7,14,17H,8-13,15H2,(H,23,25). The monoisotopic (exact) mass is 380 g/mol. The fraction of sp³-hybridized carbons (Fsp3) is 0.364. The zero-order chi connectivity index (χ0) is 19.3. The van der Waals surface area contributed by atoms with Gasteiger partial charge in [0.05, 0.1) is 0 Å². The fourth-order valence-electron chi connectivity index (χ4n) is 3.68. The van der Waals surface area contributed by atoms with E-state index in [0.29, 0.717) is 49.5 Å². The van der Waals surface area contributed by atoms with Crippen molar-refractivity contribution in [1.82, 2.24) is 10.2 Å². The van der Waals surface area contributed by atoms with Gasteiger partial charge in [-0.15, -0.1) is 0 Å². The predicted octanol–water partition coefficient (Wildman–Crippen LogP) is 2.63. The van der Waals surface area contributed by atoms with Gasteiger partial charge >= 0.3 is 0 Å². The second-order valence-corrected chi connectivity index (χ2v) is 7.16. The number of fused-ring (bicyclic) bond motifs is 1. The summed E-state index contributed by atoms with van der Waals surface area (Å²) >= 11 is 0. The number of piperidine rings is 1. The molecular formula is C22H24N2O4. The van der Waals surface area contributed by atoms with Crippen LogP contribution in [-0.2, 0) is 11.2 Å². The number of likely N-dealkylation sites (tertiary alicyclic amines) is 1. The van der Waals surface area contributed by atoms with Crippen molar-refractivity contribution < 1.29 is 19.1 Å². The summed E-state index contributed by atoms with van der Waals surface area (Å²) in [7, 11) is 0. The van der Waals surface area contributed by atoms with E-state index in [9.17, 15) is 9.59 Å². The highest BCUT2D eigenvalue weighted by Gasteiger charge is 2.28. The molecule has 0 aliphatic carbocycles. The number of carbonyl (C=O) groups excluding carboxylic acids is 2. The number of benzene rings is 2. The Bertz CT molecular complexity index is 845. The van der Waals surface area contributed by atoms with Gasteiger partial charge in [-0.25, -0.2) is 0 Å². The Morgan fingerprint density at radius 3 is 2.54 bits per heavy atom. The predicted molar refractivity (Wildman–Crippen MR) is 104 cm³/mol. The van der Waals surface area contributed by atoms with E-state index in [1.54, 1.807) is 18.2 Å². The Kier molecular flexibility index (Phi) is 5.46. The summed E-state index contributed by atoms with van der Waals surface area (Å²) < 4.78 is 10.6. The van der Waals surface area contributed by atoms with E-state index in [-0.39, 0.29) is 24.5 Å². The van der Waals surface area contributed by atoms with E-state index < -0.39 is 0 Å². The molecule has 0 radical (unpaired) electrons. The number of carbonyl (C=O) groups is 2. The van der Waals surface area contributed by atoms with E-state index in [1.165, 1.54) is 5.56 Å². The first kappa shape index (κ1) is 18.3. The van der Waals surface area contributed by atoms with Crippen molar-refractivity contribution in [3.05, 3.63) is 59.7 Å². The molecule has 0 aromatic heterocycles. The van der Waals surface area contributed by atoms with Crippen molar-refractivity contribution >= 4 is 11.8 Å². The quantitative estimate of drug-likeness (QED) is 0.866. The summed E-state index contributed by atoms with van der Waals surface area (Å²) in [6, 6.07) is 15.4. The summed E-state index contributed by atoms with van der Waals surface area (Å²) in [6.45, 7) is 2.00. The van der Waals surface area contributed by atoms with Gasteiger partial charge in [0.1, 0.15) is 0 Å². The number of nitrogens with zero attached hydrogens (tertiary/aromatic N) is 1. The van der Waals surface area contributed by atoms with Crippen LogP contribution in [0.4, 0.5) is 0 Å². The summed E-state index contributed by atoms with van der Waals surface area (Å²) in [5, 5.41) is 3.03. The molecule has 4 rings (SSSR count). The van der Waals surface area contributed by atoms with Gasteiger partial charge in [-0.2, -0.15) is 0 Å². The molecule has 6 nitrogen and oxygen atoms in total. The first-order valence-electron chi connectivity index (χ1n) is 9.71. The number of amides is 2. The van der Waals surface area contributed by atoms with Crippen LogP contribution in [0.3, 0.4) is 0 Å². The van der Waals surface area contributed by atoms with Crippen LogP contribution in [0.5, 0.6) is 11.5 Å². The SMILES string of the molecule is O=C(NCCc1ccccc1)C1CCN(C(=O)c2ccc3c(c2)OCO3)CC1. The van der Waals surface area contributed by atoms with Crippen LogP contribution in [0, 0.1) is 5.92 Å². The molecule has 2 aromatic rings. The third-order valence-corrected chi connectivity index (χ3v) is 5.33. The highest BCUT2D eigenvalue weighted by molar-refractivity contribution is 5.95. The molecule has 1 fully saturated rings. The Balaban J connectivity index is 1.24. The minimum absolute atomic E-state index is 0.0266. The maximum Gasteiger partial charge on any atom is 0.253 e. The van der Waals surface area contributed by atoms with Gasteiger partial charge in [0.25, 0.3) is 5.91 Å². The number of hydrogen-bond donors (Lipinski definition) is 1. The second-order valence-electron chi connectivity index (χ2n) is 7.16. The summed E-state index contributed by atoms with van der Waals surface area (Å²) in [5.74, 6) is 1.31. The molecule has 6 heteroatoms. The molecule has 0 saturated carbocycles. The molecule has 2 aromatic carbocycles. The number of hydrogen-bond acceptors (Lipinski definition) is 4. The van der Waals surface area contributed by atoms with E-state index >= 15 is 0 Å². The largest absolute Gasteiger partial charge is 0.454 e. The van der Waals surface area contributed by atoms with Crippen LogP contribution in [0.1, 0.15) is 28.8 Å². The topological polar surface area (TPSA) is 67.9 Å². The molecule has 0 atom stereocenters. The van der Waals surface area contributed by atoms with Crippen molar-refractivity contribution in [3.63, 3.8) is 0 Å². The highest BCUT2D eigenvalue weighted by atomic mass is 16.7. The van der Waals surface area contributed by atoms with Gasteiger partial charge in [-0.05, 0) is 43.0 Å². The first-order valence-corrected chi connectivity index (χ1v) is 9.71. The molecule has 0 spiro atoms. The lowest BCUT2D eigenvalue weighted by molar-refractivity contribution is -0.126. The molecule has 1 N–H and O–H groups in total. The lowest BCUT2D eigenvalue weighted by Crippen LogP contribution is -2.43. The van der Waals surface area contributed by atoms with Gasteiger partial charge < -0.3 is 19.7 Å². The smallest absolute Gasteiger partial charge is 0.253 e. The van der Waals surface area contributed by atoms with Crippen LogP contribution >= 0.6 is 0 Å². The first-order chi connectivity index (χ1) is 13.7. The molecule has 146 valence electrons. The fourth-order valence-corrected chi connectivity index (χ4v) is 3.68. The average Bonchev–Trinajstić information content (AvgIpc) is 3.22. The Morgan fingerprint density at radius 1 is 1.00 bits per heavy atom. The van der Waals surface area contributed by atoms with Gasteiger partial charge in [0, 0.05) is 31.1 Å². The number of nitrogens with one attached hydrogen (secondary N) is 1. The van der Waals surface area contributed by atoms with E-state index in [0.717, 1.165) is 6.42 Å². The number of rotatable bonds is 5. The molecule has 0 bridgehead atoms. The highest BCUT2D eigenvalue weighted by Crippen LogP contribution is 2.33. The van der Waals surface area contributed by atoms with Crippen LogP contribution < -0.4 is 14.8 Å². The maximum absolute atomic E-state index is 12.7. The van der Waals surface area contributed by atoms with Crippen molar-refractivity contribution in [2.24, 2.45) is 5.92 Å². The van der Waals surface area contributed by atoms with Gasteiger partial charge in [-0.3, -0.25) is 9.59 Å². The molecular weight excluding hydrogens is 356 g/mol. The molecule has 1 saturated heterocycles. The van der Waals surface area contributed by atoms with Gasteiger partial charge in [0.15, 0.2) is 11.5 Å². The minimum Gasteiger partial charge on any atom is -0.454 e. The Morgan fingerprint density at radius 2 is 1.75 bits per heavy atom. The molecule has 28 heavy (non-hydrogen) atoms. The van der Waals surface area contributed by atoms with Gasteiger partial charge in [-0.1, -0.05) is 30.3 Å². The van der Waals surface area contributed by atoms with Crippen LogP contribution in [0.2, 0.25) is 0 Å². The van der Waals surface area contributed by atoms with Gasteiger partial charge in [0.2, 0.25) is 12.7 Å². The average molecular weight is 380 g/mol. The third kappa shape index (κ3) is 4.11. The summed E-state index contributed by atoms with van der Waals surface area (Å²) in [5.41, 5.74) is 1.81. The van der Waals surface area contributed by atoms with Crippen molar-refractivity contribution in [3.8, 4) is 11.5 Å². The van der Waals surface area contributed by atoms with Crippen LogP contribution in [-0.4, -0.2) is 43.1 Å². The lowest BCUT2D eigenvalue weighted by atomic mass is 9.95. The summed E-state index contributed by atoms with van der Waals surface area (Å²) in [4.78, 5) is 27.0. The van der Waals surface area contributed by atoms with Crippen molar-refractivity contribution in [1.29, 1.82) is 0 Å². The Labute approximate surface area is 164 Å². The molecule has 2 aliphatic heterocycles. The van der Waals surface area contributed by atoms with Crippen LogP contribution in [0.25, 0.3) is 0 Å². The van der Waals surface area contributed by atoms with Crippen molar-refractivity contribution in [2.45, 2.75) is 19.3 Å². The molecule has 2 heterocycles. The molecule has 2 amide bonds. The zero-order valence-corrected chi connectivity index (χ0v) is 15.7. The third-order valence-electron chi connectivity index (χ3n) is 5.33. The maximum atomic E-state index is 12.7. The normalized spacial score (nSPS) is 16.1. The lowest BCUT2D eigenvalue weighted by Gasteiger charge is -2.31. The van der Waals surface area contributed by atoms with Crippen molar-refractivity contribution in [2.75, 3.05) is 26.4 Å². The van der Waals surface area contributed by atoms with E-state index in [4.69, 9.17) is 9.47 Å². The van der Waals surface area contributed by atoms with E-state index in [2.05, 4.69) is 17.4 Å². The minimum atomic E-state index is -0.0309. The molecule has 0 unspecified atom stereocenters. The van der Waals surface area contributed by atoms with E-state index in [1.807, 2.05) is 23.1 Å². The Hall–Kier alpha value is -3.02. The number of ether oxygens (including phenoxy) is 2. The summed E-state index contributed by atoms with van der Waals surface area (Å²) in [6.07, 6.45) is 2.20. The van der Waals surface area contributed by atoms with Crippen LogP contribution in [0.15, 0.2) is 48.5 Å². The zero-order valence-electron chi connectivity index (χ0n) is 15.7. The second kappa shape index (κ2) is 8.33. The molecule has 2 aliphatic rings.